The summed E-state index contributed by atoms with van der Waals surface area (Å²) in [5.41, 5.74) is 0. The number of hydrogen-bond acceptors (Lipinski definition) is 2. The topological polar surface area (TPSA) is 9.23 Å². The van der Waals surface area contributed by atoms with E-state index >= 15 is 0 Å². The molecule has 0 aromatic heterocycles. The summed E-state index contributed by atoms with van der Waals surface area (Å²) in [7, 11) is 0. The lowest BCUT2D eigenvalue weighted by Gasteiger charge is -2.07. The largest absolute Gasteiger partial charge is 0.491 e. The van der Waals surface area contributed by atoms with Crippen molar-refractivity contribution in [2.75, 3.05) is 18.7 Å². The molecule has 0 radical (unpaired) electrons. The lowest BCUT2D eigenvalue weighted by atomic mass is 10.3. The molecule has 0 saturated heterocycles. The minimum absolute atomic E-state index is 0.530. The van der Waals surface area contributed by atoms with Crippen LogP contribution in [0.3, 0.4) is 0 Å². The molecular weight excluding hydrogens is 192 g/mol. The number of alkyl halides is 1. The fourth-order valence-corrected chi connectivity index (χ4v) is 1.51. The van der Waals surface area contributed by atoms with Crippen LogP contribution in [0.1, 0.15) is 0 Å². The number of benzene rings is 1. The van der Waals surface area contributed by atoms with Crippen LogP contribution in [0, 0.1) is 0 Å². The van der Waals surface area contributed by atoms with E-state index in [-0.39, 0.29) is 0 Å². The molecule has 0 aliphatic carbocycles. The van der Waals surface area contributed by atoms with Crippen LogP contribution in [0.25, 0.3) is 0 Å². The van der Waals surface area contributed by atoms with Crippen LogP contribution in [-0.4, -0.2) is 18.7 Å². The van der Waals surface area contributed by atoms with Gasteiger partial charge in [-0.15, -0.1) is 23.4 Å². The Labute approximate surface area is 82.1 Å². The summed E-state index contributed by atoms with van der Waals surface area (Å²) in [6.07, 6.45) is 2.03. The number of rotatable bonds is 4. The lowest BCUT2D eigenvalue weighted by molar-refractivity contribution is 0.335. The van der Waals surface area contributed by atoms with E-state index in [9.17, 15) is 0 Å². The molecule has 0 N–H and O–H groups in total. The van der Waals surface area contributed by atoms with E-state index in [1.54, 1.807) is 11.8 Å². The van der Waals surface area contributed by atoms with Gasteiger partial charge in [-0.2, -0.15) is 0 Å². The molecule has 0 bridgehead atoms. The molecule has 0 unspecified atom stereocenters. The molecule has 12 heavy (non-hydrogen) atoms. The lowest BCUT2D eigenvalue weighted by Crippen LogP contribution is -1.98. The highest BCUT2D eigenvalue weighted by molar-refractivity contribution is 7.98. The molecule has 0 fully saturated rings. The molecule has 1 nitrogen and oxygen atoms in total. The first-order valence-electron chi connectivity index (χ1n) is 3.70. The van der Waals surface area contributed by atoms with Crippen LogP contribution in [0.5, 0.6) is 5.75 Å². The Hall–Kier alpha value is -0.340. The van der Waals surface area contributed by atoms with Crippen molar-refractivity contribution in [2.24, 2.45) is 0 Å². The van der Waals surface area contributed by atoms with Gasteiger partial charge in [0.05, 0.1) is 5.88 Å². The zero-order chi connectivity index (χ0) is 8.81. The number of halogens is 1. The van der Waals surface area contributed by atoms with Gasteiger partial charge in [-0.3, -0.25) is 0 Å². The van der Waals surface area contributed by atoms with E-state index in [0.29, 0.717) is 12.5 Å². The van der Waals surface area contributed by atoms with Crippen molar-refractivity contribution in [1.82, 2.24) is 0 Å². The van der Waals surface area contributed by atoms with Gasteiger partial charge in [0.1, 0.15) is 12.4 Å². The van der Waals surface area contributed by atoms with Crippen LogP contribution in [0.15, 0.2) is 29.2 Å². The SMILES string of the molecule is CSc1ccccc1OCCCl. The first-order valence-corrected chi connectivity index (χ1v) is 5.46. The molecule has 66 valence electrons. The molecule has 1 aromatic carbocycles. The molecular formula is C9H11ClOS. The standard InChI is InChI=1S/C9H11ClOS/c1-12-9-5-3-2-4-8(9)11-7-6-10/h2-5H,6-7H2,1H3. The minimum Gasteiger partial charge on any atom is -0.491 e. The predicted octanol–water partition coefficient (Wildman–Crippen LogP) is 3.03. The number of ether oxygens (including phenoxy) is 1. The third kappa shape index (κ3) is 2.61. The number of hydrogen-bond donors (Lipinski definition) is 0. The summed E-state index contributed by atoms with van der Waals surface area (Å²) in [6.45, 7) is 0.569. The van der Waals surface area contributed by atoms with Crippen LogP contribution in [0.4, 0.5) is 0 Å². The van der Waals surface area contributed by atoms with Gasteiger partial charge < -0.3 is 4.74 Å². The van der Waals surface area contributed by atoms with Crippen molar-refractivity contribution in [1.29, 1.82) is 0 Å². The highest BCUT2D eigenvalue weighted by Crippen LogP contribution is 2.26. The van der Waals surface area contributed by atoms with Crippen molar-refractivity contribution >= 4 is 23.4 Å². The van der Waals surface area contributed by atoms with E-state index in [4.69, 9.17) is 16.3 Å². The average Bonchev–Trinajstić information content (AvgIpc) is 2.15. The summed E-state index contributed by atoms with van der Waals surface area (Å²) in [5.74, 6) is 1.45. The van der Waals surface area contributed by atoms with Crippen molar-refractivity contribution in [3.05, 3.63) is 24.3 Å². The van der Waals surface area contributed by atoms with Gasteiger partial charge in [-0.1, -0.05) is 12.1 Å². The summed E-state index contributed by atoms with van der Waals surface area (Å²) < 4.78 is 5.42. The Morgan fingerprint density at radius 1 is 1.42 bits per heavy atom. The van der Waals surface area contributed by atoms with Gasteiger partial charge >= 0.3 is 0 Å². The van der Waals surface area contributed by atoms with Gasteiger partial charge in [0, 0.05) is 4.90 Å². The maximum absolute atomic E-state index is 5.52. The molecule has 0 saturated carbocycles. The predicted molar refractivity (Wildman–Crippen MR) is 54.4 cm³/mol. The fourth-order valence-electron chi connectivity index (χ4n) is 0.887. The van der Waals surface area contributed by atoms with Crippen molar-refractivity contribution < 1.29 is 4.74 Å². The Morgan fingerprint density at radius 2 is 2.17 bits per heavy atom. The zero-order valence-corrected chi connectivity index (χ0v) is 8.49. The summed E-state index contributed by atoms with van der Waals surface area (Å²) in [6, 6.07) is 7.95. The summed E-state index contributed by atoms with van der Waals surface area (Å²) in [4.78, 5) is 1.16. The van der Waals surface area contributed by atoms with Gasteiger partial charge in [0.25, 0.3) is 0 Å². The van der Waals surface area contributed by atoms with Gasteiger partial charge in [-0.05, 0) is 18.4 Å². The third-order valence-corrected chi connectivity index (χ3v) is 2.34. The van der Waals surface area contributed by atoms with Crippen LogP contribution >= 0.6 is 23.4 Å². The van der Waals surface area contributed by atoms with Gasteiger partial charge in [-0.25, -0.2) is 0 Å². The van der Waals surface area contributed by atoms with E-state index in [1.165, 1.54) is 0 Å². The van der Waals surface area contributed by atoms with Crippen LogP contribution < -0.4 is 4.74 Å². The van der Waals surface area contributed by atoms with Crippen molar-refractivity contribution in [2.45, 2.75) is 4.90 Å². The normalized spacial score (nSPS) is 9.83. The number of thioether (sulfide) groups is 1. The quantitative estimate of drug-likeness (QED) is 0.549. The smallest absolute Gasteiger partial charge is 0.132 e. The van der Waals surface area contributed by atoms with Crippen molar-refractivity contribution in [3.63, 3.8) is 0 Å². The van der Waals surface area contributed by atoms with E-state index < -0.39 is 0 Å². The van der Waals surface area contributed by atoms with Gasteiger partial charge in [0.15, 0.2) is 0 Å². The van der Waals surface area contributed by atoms with E-state index in [2.05, 4.69) is 0 Å². The monoisotopic (exact) mass is 202 g/mol. The molecule has 3 heteroatoms. The average molecular weight is 203 g/mol. The summed E-state index contributed by atoms with van der Waals surface area (Å²) >= 11 is 7.19. The van der Waals surface area contributed by atoms with E-state index in [1.807, 2.05) is 30.5 Å². The van der Waals surface area contributed by atoms with E-state index in [0.717, 1.165) is 10.6 Å². The summed E-state index contributed by atoms with van der Waals surface area (Å²) in [5, 5.41) is 0. The number of para-hydroxylation sites is 1. The maximum Gasteiger partial charge on any atom is 0.132 e. The highest BCUT2D eigenvalue weighted by Gasteiger charge is 1.99. The Kier molecular flexibility index (Phi) is 4.33. The molecule has 0 heterocycles. The fraction of sp³-hybridized carbons (Fsp3) is 0.333. The molecule has 1 aromatic rings. The third-order valence-electron chi connectivity index (χ3n) is 1.40. The maximum atomic E-state index is 5.52. The van der Waals surface area contributed by atoms with Crippen molar-refractivity contribution in [3.8, 4) is 5.75 Å². The molecule has 0 aliphatic heterocycles. The Morgan fingerprint density at radius 3 is 2.83 bits per heavy atom. The molecule has 0 amide bonds. The molecule has 0 spiro atoms. The minimum atomic E-state index is 0.530. The second-order valence-electron chi connectivity index (χ2n) is 2.19. The second kappa shape index (κ2) is 5.33. The Bertz CT molecular complexity index is 240. The molecule has 0 aliphatic rings. The first kappa shape index (κ1) is 9.75. The van der Waals surface area contributed by atoms with Crippen LogP contribution in [-0.2, 0) is 0 Å². The Balaban J connectivity index is 2.68. The first-order chi connectivity index (χ1) is 5.88. The van der Waals surface area contributed by atoms with Crippen LogP contribution in [0.2, 0.25) is 0 Å². The second-order valence-corrected chi connectivity index (χ2v) is 3.41. The highest BCUT2D eigenvalue weighted by atomic mass is 35.5. The zero-order valence-electron chi connectivity index (χ0n) is 6.92. The van der Waals surface area contributed by atoms with Gasteiger partial charge in [0.2, 0.25) is 0 Å². The molecule has 1 rings (SSSR count). The molecule has 0 atom stereocenters.